The second-order valence-corrected chi connectivity index (χ2v) is 4.64. The lowest BCUT2D eigenvalue weighted by molar-refractivity contribution is -0.139. The first-order valence-electron chi connectivity index (χ1n) is 5.99. The Morgan fingerprint density at radius 1 is 1.22 bits per heavy atom. The van der Waals surface area contributed by atoms with Crippen molar-refractivity contribution in [3.8, 4) is 0 Å². The predicted molar refractivity (Wildman–Crippen MR) is 60.6 cm³/mol. The van der Waals surface area contributed by atoms with Crippen LogP contribution in [0.2, 0.25) is 0 Å². The Balaban J connectivity index is 2.55. The second-order valence-electron chi connectivity index (χ2n) is 4.64. The summed E-state index contributed by atoms with van der Waals surface area (Å²) in [7, 11) is 0. The second kappa shape index (κ2) is 6.51. The number of hydrogen-bond donors (Lipinski definition) is 3. The van der Waals surface area contributed by atoms with Crippen LogP contribution in [-0.2, 0) is 4.79 Å². The van der Waals surface area contributed by atoms with Gasteiger partial charge in [0.15, 0.2) is 0 Å². The minimum absolute atomic E-state index is 0.172. The van der Waals surface area contributed by atoms with Crippen molar-refractivity contribution < 1.29 is 23.5 Å². The van der Waals surface area contributed by atoms with Gasteiger partial charge < -0.3 is 15.7 Å². The molecule has 1 aliphatic rings. The van der Waals surface area contributed by atoms with Gasteiger partial charge in [-0.3, -0.25) is 4.79 Å². The van der Waals surface area contributed by atoms with Crippen molar-refractivity contribution in [3.63, 3.8) is 0 Å². The highest BCUT2D eigenvalue weighted by Gasteiger charge is 2.35. The van der Waals surface area contributed by atoms with Gasteiger partial charge in [-0.25, -0.2) is 13.6 Å². The highest BCUT2D eigenvalue weighted by atomic mass is 19.3. The lowest BCUT2D eigenvalue weighted by Crippen LogP contribution is -2.54. The largest absolute Gasteiger partial charge is 0.481 e. The smallest absolute Gasteiger partial charge is 0.315 e. The Morgan fingerprint density at radius 3 is 2.33 bits per heavy atom. The van der Waals surface area contributed by atoms with Gasteiger partial charge in [0, 0.05) is 0 Å². The lowest BCUT2D eigenvalue weighted by atomic mass is 9.79. The average molecular weight is 264 g/mol. The summed E-state index contributed by atoms with van der Waals surface area (Å²) in [4.78, 5) is 22.3. The van der Waals surface area contributed by atoms with E-state index >= 15 is 0 Å². The molecule has 1 saturated carbocycles. The molecule has 7 heteroatoms. The number of aliphatic carboxylic acids is 1. The van der Waals surface area contributed by atoms with Gasteiger partial charge in [0.1, 0.15) is 0 Å². The third-order valence-corrected chi connectivity index (χ3v) is 3.10. The van der Waals surface area contributed by atoms with Gasteiger partial charge in [-0.05, 0) is 12.8 Å². The molecule has 2 amide bonds. The standard InChI is InChI=1S/C11H18F2N2O3/c12-8(13)7-14-10(18)15-11(6-9(16)17)4-2-1-3-5-11/h8H,1-7H2,(H,16,17)(H2,14,15,18). The summed E-state index contributed by atoms with van der Waals surface area (Å²) in [6, 6.07) is -0.724. The number of carboxylic acid groups (broad SMARTS) is 1. The fourth-order valence-corrected chi connectivity index (χ4v) is 2.32. The Hall–Kier alpha value is -1.40. The Morgan fingerprint density at radius 2 is 1.83 bits per heavy atom. The molecule has 0 unspecified atom stereocenters. The van der Waals surface area contributed by atoms with E-state index in [0.717, 1.165) is 19.3 Å². The molecule has 0 spiro atoms. The first kappa shape index (κ1) is 14.7. The Bertz CT molecular complexity index is 305. The Labute approximate surface area is 104 Å². The normalized spacial score (nSPS) is 18.4. The first-order valence-corrected chi connectivity index (χ1v) is 5.99. The zero-order valence-corrected chi connectivity index (χ0v) is 10.0. The van der Waals surface area contributed by atoms with Crippen molar-refractivity contribution in [3.05, 3.63) is 0 Å². The van der Waals surface area contributed by atoms with Crippen LogP contribution in [-0.4, -0.2) is 35.6 Å². The summed E-state index contributed by atoms with van der Waals surface area (Å²) in [5.74, 6) is -0.994. The molecule has 5 nitrogen and oxygen atoms in total. The molecule has 104 valence electrons. The number of alkyl halides is 2. The van der Waals surface area contributed by atoms with E-state index in [-0.39, 0.29) is 6.42 Å². The average Bonchev–Trinajstić information content (AvgIpc) is 2.26. The highest BCUT2D eigenvalue weighted by molar-refractivity contribution is 5.76. The SMILES string of the molecule is O=C(O)CC1(NC(=O)NCC(F)F)CCCCC1. The Kier molecular flexibility index (Phi) is 5.30. The number of hydrogen-bond acceptors (Lipinski definition) is 2. The van der Waals surface area contributed by atoms with Gasteiger partial charge in [-0.2, -0.15) is 0 Å². The topological polar surface area (TPSA) is 78.4 Å². The maximum Gasteiger partial charge on any atom is 0.315 e. The first-order chi connectivity index (χ1) is 8.43. The van der Waals surface area contributed by atoms with Crippen LogP contribution >= 0.6 is 0 Å². The van der Waals surface area contributed by atoms with E-state index in [2.05, 4.69) is 5.32 Å². The quantitative estimate of drug-likeness (QED) is 0.707. The number of carbonyl (C=O) groups excluding carboxylic acids is 1. The van der Waals surface area contributed by atoms with E-state index in [9.17, 15) is 18.4 Å². The number of rotatable bonds is 5. The van der Waals surface area contributed by atoms with Crippen LogP contribution in [0.5, 0.6) is 0 Å². The van der Waals surface area contributed by atoms with Crippen molar-refractivity contribution in [1.29, 1.82) is 0 Å². The molecule has 0 aromatic carbocycles. The van der Waals surface area contributed by atoms with E-state index in [0.29, 0.717) is 12.8 Å². The zero-order chi connectivity index (χ0) is 13.6. The molecule has 1 aliphatic carbocycles. The summed E-state index contributed by atoms with van der Waals surface area (Å²) in [5, 5.41) is 13.5. The van der Waals surface area contributed by atoms with Crippen LogP contribution in [0.15, 0.2) is 0 Å². The molecule has 0 saturated heterocycles. The fourth-order valence-electron chi connectivity index (χ4n) is 2.32. The summed E-state index contributed by atoms with van der Waals surface area (Å²) >= 11 is 0. The van der Waals surface area contributed by atoms with Crippen molar-refractivity contribution >= 4 is 12.0 Å². The number of carbonyl (C=O) groups is 2. The van der Waals surface area contributed by atoms with Crippen molar-refractivity contribution in [2.75, 3.05) is 6.54 Å². The molecule has 18 heavy (non-hydrogen) atoms. The summed E-state index contributed by atoms with van der Waals surface area (Å²) in [5.41, 5.74) is -0.795. The van der Waals surface area contributed by atoms with Crippen LogP contribution in [0.3, 0.4) is 0 Å². The number of urea groups is 1. The van der Waals surface area contributed by atoms with Crippen molar-refractivity contribution in [2.24, 2.45) is 0 Å². The zero-order valence-electron chi connectivity index (χ0n) is 10.0. The van der Waals surface area contributed by atoms with Gasteiger partial charge in [0.25, 0.3) is 6.43 Å². The molecular weight excluding hydrogens is 246 g/mol. The maximum absolute atomic E-state index is 11.9. The molecular formula is C11H18F2N2O3. The van der Waals surface area contributed by atoms with Gasteiger partial charge in [0.2, 0.25) is 0 Å². The number of halogens is 2. The molecule has 0 aromatic heterocycles. The number of carboxylic acids is 1. The van der Waals surface area contributed by atoms with Gasteiger partial charge >= 0.3 is 12.0 Å². The van der Waals surface area contributed by atoms with Crippen LogP contribution < -0.4 is 10.6 Å². The van der Waals surface area contributed by atoms with Crippen molar-refractivity contribution in [2.45, 2.75) is 50.5 Å². The van der Waals surface area contributed by atoms with E-state index < -0.39 is 30.5 Å². The monoisotopic (exact) mass is 264 g/mol. The molecule has 3 N–H and O–H groups in total. The van der Waals surface area contributed by atoms with E-state index in [1.165, 1.54) is 0 Å². The van der Waals surface area contributed by atoms with E-state index in [1.807, 2.05) is 5.32 Å². The summed E-state index contributed by atoms with van der Waals surface area (Å²) in [6.07, 6.45) is 1.03. The molecule has 0 aliphatic heterocycles. The van der Waals surface area contributed by atoms with Crippen LogP contribution in [0.25, 0.3) is 0 Å². The van der Waals surface area contributed by atoms with E-state index in [4.69, 9.17) is 5.11 Å². The molecule has 0 radical (unpaired) electrons. The van der Waals surface area contributed by atoms with Crippen LogP contribution in [0.1, 0.15) is 38.5 Å². The molecule has 1 rings (SSSR count). The van der Waals surface area contributed by atoms with E-state index in [1.54, 1.807) is 0 Å². The minimum Gasteiger partial charge on any atom is -0.481 e. The summed E-state index contributed by atoms with van der Waals surface area (Å²) in [6.45, 7) is -0.727. The molecule has 0 heterocycles. The molecule has 0 aromatic rings. The minimum atomic E-state index is -2.61. The highest BCUT2D eigenvalue weighted by Crippen LogP contribution is 2.31. The van der Waals surface area contributed by atoms with Gasteiger partial charge in [-0.1, -0.05) is 19.3 Å². The molecule has 0 bridgehead atoms. The molecule has 1 fully saturated rings. The fraction of sp³-hybridized carbons (Fsp3) is 0.818. The molecule has 0 atom stereocenters. The predicted octanol–water partition coefficient (Wildman–Crippen LogP) is 1.73. The number of nitrogens with one attached hydrogen (secondary N) is 2. The third-order valence-electron chi connectivity index (χ3n) is 3.10. The maximum atomic E-state index is 11.9. The van der Waals surface area contributed by atoms with Crippen LogP contribution in [0, 0.1) is 0 Å². The van der Waals surface area contributed by atoms with Gasteiger partial charge in [0.05, 0.1) is 18.5 Å². The van der Waals surface area contributed by atoms with Crippen molar-refractivity contribution in [1.82, 2.24) is 10.6 Å². The van der Waals surface area contributed by atoms with Crippen LogP contribution in [0.4, 0.5) is 13.6 Å². The summed E-state index contributed by atoms with van der Waals surface area (Å²) < 4.78 is 23.9. The third kappa shape index (κ3) is 4.85. The van der Waals surface area contributed by atoms with Gasteiger partial charge in [-0.15, -0.1) is 0 Å². The number of amides is 2. The lowest BCUT2D eigenvalue weighted by Gasteiger charge is -2.36.